The number of phenols is 1. The summed E-state index contributed by atoms with van der Waals surface area (Å²) in [5.74, 6) is -2.45. The molecule has 0 aliphatic rings. The number of ether oxygens (including phenoxy) is 1. The fourth-order valence-electron chi connectivity index (χ4n) is 1.75. The molecule has 0 spiro atoms. The summed E-state index contributed by atoms with van der Waals surface area (Å²) in [6, 6.07) is 9.30. The SMILES string of the molecule is CC(=NNC(=O)COc1ccc(F)cc1F)c1ccccc1O. The lowest BCUT2D eigenvalue weighted by Gasteiger charge is -2.07. The molecule has 0 aliphatic heterocycles. The van der Waals surface area contributed by atoms with E-state index in [2.05, 4.69) is 10.5 Å². The standard InChI is InChI=1S/C16H14F2N2O3/c1-10(12-4-2-3-5-14(12)21)19-20-16(22)9-23-15-7-6-11(17)8-13(15)18/h2-8,21H,9H2,1H3,(H,20,22). The quantitative estimate of drug-likeness (QED) is 0.657. The monoisotopic (exact) mass is 320 g/mol. The summed E-state index contributed by atoms with van der Waals surface area (Å²) in [4.78, 5) is 11.6. The molecule has 2 rings (SSSR count). The van der Waals surface area contributed by atoms with Gasteiger partial charge in [-0.25, -0.2) is 14.2 Å². The molecule has 1 amide bonds. The normalized spacial score (nSPS) is 11.2. The third-order valence-corrected chi connectivity index (χ3v) is 2.89. The van der Waals surface area contributed by atoms with Crippen LogP contribution in [-0.4, -0.2) is 23.3 Å². The third-order valence-electron chi connectivity index (χ3n) is 2.89. The molecule has 2 aromatic carbocycles. The second-order valence-corrected chi connectivity index (χ2v) is 4.61. The summed E-state index contributed by atoms with van der Waals surface area (Å²) < 4.78 is 31.0. The summed E-state index contributed by atoms with van der Waals surface area (Å²) in [6.45, 7) is 1.12. The molecule has 23 heavy (non-hydrogen) atoms. The summed E-state index contributed by atoms with van der Waals surface area (Å²) in [5, 5.41) is 13.5. The Kier molecular flexibility index (Phi) is 5.24. The van der Waals surface area contributed by atoms with Gasteiger partial charge in [-0.15, -0.1) is 0 Å². The maximum absolute atomic E-state index is 13.3. The zero-order valence-corrected chi connectivity index (χ0v) is 12.2. The van der Waals surface area contributed by atoms with Crippen LogP contribution < -0.4 is 10.2 Å². The Bertz CT molecular complexity index is 748. The maximum Gasteiger partial charge on any atom is 0.277 e. The first kappa shape index (κ1) is 16.4. The van der Waals surface area contributed by atoms with E-state index in [0.29, 0.717) is 17.3 Å². The van der Waals surface area contributed by atoms with E-state index in [4.69, 9.17) is 4.74 Å². The number of para-hydroxylation sites is 1. The highest BCUT2D eigenvalue weighted by Gasteiger charge is 2.08. The molecule has 0 bridgehead atoms. The minimum Gasteiger partial charge on any atom is -0.507 e. The van der Waals surface area contributed by atoms with Gasteiger partial charge in [-0.1, -0.05) is 12.1 Å². The Morgan fingerprint density at radius 1 is 1.26 bits per heavy atom. The predicted octanol–water partition coefficient (Wildman–Crippen LogP) is 2.59. The number of aromatic hydroxyl groups is 1. The van der Waals surface area contributed by atoms with Crippen molar-refractivity contribution in [3.63, 3.8) is 0 Å². The molecule has 0 radical (unpaired) electrons. The molecule has 120 valence electrons. The van der Waals surface area contributed by atoms with Gasteiger partial charge in [0.2, 0.25) is 0 Å². The molecule has 0 saturated carbocycles. The molecule has 0 atom stereocenters. The van der Waals surface area contributed by atoms with Crippen molar-refractivity contribution in [2.24, 2.45) is 5.10 Å². The van der Waals surface area contributed by atoms with Gasteiger partial charge in [0.05, 0.1) is 5.71 Å². The van der Waals surface area contributed by atoms with Crippen molar-refractivity contribution in [1.29, 1.82) is 0 Å². The van der Waals surface area contributed by atoms with Crippen LogP contribution in [0.15, 0.2) is 47.6 Å². The largest absolute Gasteiger partial charge is 0.507 e. The lowest BCUT2D eigenvalue weighted by atomic mass is 10.1. The fraction of sp³-hybridized carbons (Fsp3) is 0.125. The molecule has 2 N–H and O–H groups in total. The fourth-order valence-corrected chi connectivity index (χ4v) is 1.75. The number of hydrogen-bond donors (Lipinski definition) is 2. The van der Waals surface area contributed by atoms with E-state index < -0.39 is 24.1 Å². The number of nitrogens with zero attached hydrogens (tertiary/aromatic N) is 1. The van der Waals surface area contributed by atoms with Gasteiger partial charge in [-0.2, -0.15) is 5.10 Å². The molecule has 5 nitrogen and oxygen atoms in total. The lowest BCUT2D eigenvalue weighted by molar-refractivity contribution is -0.123. The minimum atomic E-state index is -0.897. The number of phenolic OH excluding ortho intramolecular Hbond substituents is 1. The molecular weight excluding hydrogens is 306 g/mol. The highest BCUT2D eigenvalue weighted by Crippen LogP contribution is 2.17. The van der Waals surface area contributed by atoms with Crippen LogP contribution >= 0.6 is 0 Å². The van der Waals surface area contributed by atoms with Gasteiger partial charge in [-0.3, -0.25) is 4.79 Å². The molecule has 0 aromatic heterocycles. The van der Waals surface area contributed by atoms with Crippen LogP contribution in [0.25, 0.3) is 0 Å². The van der Waals surface area contributed by atoms with Crippen LogP contribution in [0.3, 0.4) is 0 Å². The Hall–Kier alpha value is -2.96. The van der Waals surface area contributed by atoms with Crippen molar-refractivity contribution in [2.75, 3.05) is 6.61 Å². The zero-order valence-electron chi connectivity index (χ0n) is 12.2. The number of benzene rings is 2. The highest BCUT2D eigenvalue weighted by molar-refractivity contribution is 6.01. The van der Waals surface area contributed by atoms with Gasteiger partial charge in [-0.05, 0) is 31.2 Å². The number of hydrogen-bond acceptors (Lipinski definition) is 4. The van der Waals surface area contributed by atoms with E-state index in [1.165, 1.54) is 6.07 Å². The first-order chi connectivity index (χ1) is 11.0. The van der Waals surface area contributed by atoms with Crippen LogP contribution in [0.4, 0.5) is 8.78 Å². The van der Waals surface area contributed by atoms with E-state index >= 15 is 0 Å². The molecule has 0 unspecified atom stereocenters. The average Bonchev–Trinajstić information content (AvgIpc) is 2.52. The van der Waals surface area contributed by atoms with Crippen molar-refractivity contribution in [1.82, 2.24) is 5.43 Å². The number of carbonyl (C=O) groups excluding carboxylic acids is 1. The first-order valence-electron chi connectivity index (χ1n) is 6.66. The van der Waals surface area contributed by atoms with Crippen molar-refractivity contribution >= 4 is 11.6 Å². The van der Waals surface area contributed by atoms with E-state index in [0.717, 1.165) is 12.1 Å². The Balaban J connectivity index is 1.92. The summed E-state index contributed by atoms with van der Waals surface area (Å²) >= 11 is 0. The number of amides is 1. The zero-order chi connectivity index (χ0) is 16.8. The van der Waals surface area contributed by atoms with Crippen LogP contribution in [0.2, 0.25) is 0 Å². The number of halogens is 2. The predicted molar refractivity (Wildman–Crippen MR) is 80.3 cm³/mol. The Labute approximate surface area is 131 Å². The molecule has 2 aromatic rings. The second kappa shape index (κ2) is 7.35. The third kappa shape index (κ3) is 4.50. The molecule has 0 aliphatic carbocycles. The van der Waals surface area contributed by atoms with Gasteiger partial charge < -0.3 is 9.84 Å². The number of rotatable bonds is 5. The Morgan fingerprint density at radius 2 is 2.00 bits per heavy atom. The second-order valence-electron chi connectivity index (χ2n) is 4.61. The maximum atomic E-state index is 13.3. The first-order valence-corrected chi connectivity index (χ1v) is 6.66. The topological polar surface area (TPSA) is 70.9 Å². The van der Waals surface area contributed by atoms with E-state index in [1.807, 2.05) is 0 Å². The number of hydrazone groups is 1. The summed E-state index contributed by atoms with van der Waals surface area (Å²) in [6.07, 6.45) is 0. The van der Waals surface area contributed by atoms with Crippen LogP contribution in [0.5, 0.6) is 11.5 Å². The highest BCUT2D eigenvalue weighted by atomic mass is 19.1. The molecule has 0 heterocycles. The van der Waals surface area contributed by atoms with Crippen LogP contribution in [-0.2, 0) is 4.79 Å². The van der Waals surface area contributed by atoms with Crippen molar-refractivity contribution in [3.8, 4) is 11.5 Å². The summed E-state index contributed by atoms with van der Waals surface area (Å²) in [5.41, 5.74) is 3.09. The van der Waals surface area contributed by atoms with Crippen molar-refractivity contribution in [3.05, 3.63) is 59.7 Å². The minimum absolute atomic E-state index is 0.0348. The average molecular weight is 320 g/mol. The molecule has 0 saturated heterocycles. The summed E-state index contributed by atoms with van der Waals surface area (Å²) in [7, 11) is 0. The van der Waals surface area contributed by atoms with Gasteiger partial charge in [0.15, 0.2) is 18.2 Å². The van der Waals surface area contributed by atoms with Gasteiger partial charge >= 0.3 is 0 Å². The van der Waals surface area contributed by atoms with E-state index in [1.54, 1.807) is 25.1 Å². The van der Waals surface area contributed by atoms with Crippen molar-refractivity contribution < 1.29 is 23.4 Å². The van der Waals surface area contributed by atoms with E-state index in [9.17, 15) is 18.7 Å². The molecule has 7 heteroatoms. The smallest absolute Gasteiger partial charge is 0.277 e. The number of nitrogens with one attached hydrogen (secondary N) is 1. The van der Waals surface area contributed by atoms with E-state index in [-0.39, 0.29) is 11.5 Å². The lowest BCUT2D eigenvalue weighted by Crippen LogP contribution is -2.25. The van der Waals surface area contributed by atoms with Gasteiger partial charge in [0.1, 0.15) is 11.6 Å². The Morgan fingerprint density at radius 3 is 2.70 bits per heavy atom. The molecule has 0 fully saturated rings. The van der Waals surface area contributed by atoms with Gasteiger partial charge in [0, 0.05) is 11.6 Å². The van der Waals surface area contributed by atoms with Crippen molar-refractivity contribution in [2.45, 2.75) is 6.92 Å². The molecular formula is C16H14F2N2O3. The number of carbonyl (C=O) groups is 1. The van der Waals surface area contributed by atoms with Crippen LogP contribution in [0.1, 0.15) is 12.5 Å². The van der Waals surface area contributed by atoms with Gasteiger partial charge in [0.25, 0.3) is 5.91 Å². The van der Waals surface area contributed by atoms with Crippen LogP contribution in [0, 0.1) is 11.6 Å².